The van der Waals surface area contributed by atoms with Gasteiger partial charge in [-0.3, -0.25) is 9.78 Å². The van der Waals surface area contributed by atoms with E-state index in [0.29, 0.717) is 6.54 Å². The van der Waals surface area contributed by atoms with Crippen molar-refractivity contribution in [2.45, 2.75) is 50.4 Å². The number of rotatable bonds is 5. The van der Waals surface area contributed by atoms with Gasteiger partial charge in [-0.05, 0) is 55.7 Å². The van der Waals surface area contributed by atoms with Crippen LogP contribution in [0.3, 0.4) is 0 Å². The van der Waals surface area contributed by atoms with Gasteiger partial charge in [0.05, 0.1) is 21.7 Å². The molecule has 0 unspecified atom stereocenters. The third kappa shape index (κ3) is 4.81. The fraction of sp³-hybridized carbons (Fsp3) is 0.450. The second kappa shape index (κ2) is 8.35. The molecule has 2 bridgehead atoms. The number of carbonyl (C=O) groups is 2. The first kappa shape index (κ1) is 22.2. The van der Waals surface area contributed by atoms with Crippen LogP contribution in [0.4, 0.5) is 13.2 Å². The summed E-state index contributed by atoms with van der Waals surface area (Å²) in [4.78, 5) is 26.3. The Bertz CT molecular complexity index is 907. The highest BCUT2D eigenvalue weighted by molar-refractivity contribution is 7.13. The van der Waals surface area contributed by atoms with Crippen LogP contribution in [0.1, 0.15) is 37.8 Å². The van der Waals surface area contributed by atoms with Gasteiger partial charge in [-0.1, -0.05) is 12.1 Å². The number of aromatic nitrogens is 1. The minimum absolute atomic E-state index is 0.000985. The summed E-state index contributed by atoms with van der Waals surface area (Å²) in [5.41, 5.74) is 1.55. The number of fused-ring (bicyclic) bond motifs is 2. The van der Waals surface area contributed by atoms with Crippen molar-refractivity contribution in [3.05, 3.63) is 41.4 Å². The van der Waals surface area contributed by atoms with Gasteiger partial charge in [-0.15, -0.1) is 11.3 Å². The average Bonchev–Trinajstić information content (AvgIpc) is 3.43. The normalized spacial score (nSPS) is 24.9. The van der Waals surface area contributed by atoms with Crippen LogP contribution in [0, 0.1) is 5.41 Å². The molecule has 6 nitrogen and oxygen atoms in total. The Labute approximate surface area is 174 Å². The average molecular weight is 442 g/mol. The molecule has 162 valence electrons. The van der Waals surface area contributed by atoms with Crippen LogP contribution in [0.2, 0.25) is 0 Å². The molecule has 2 aromatic rings. The van der Waals surface area contributed by atoms with Crippen molar-refractivity contribution in [1.82, 2.24) is 10.3 Å². The molecule has 2 fully saturated rings. The summed E-state index contributed by atoms with van der Waals surface area (Å²) in [6.07, 6.45) is -0.788. The lowest BCUT2D eigenvalue weighted by atomic mass is 9.84. The first-order chi connectivity index (χ1) is 14.1. The van der Waals surface area contributed by atoms with E-state index in [1.165, 1.54) is 4.88 Å². The summed E-state index contributed by atoms with van der Waals surface area (Å²) in [6.45, 7) is 0.703. The Balaban J connectivity index is 0.000000318. The topological polar surface area (TPSA) is 99.5 Å². The summed E-state index contributed by atoms with van der Waals surface area (Å²) in [7, 11) is 0. The van der Waals surface area contributed by atoms with Crippen LogP contribution in [0.5, 0.6) is 0 Å². The zero-order chi connectivity index (χ0) is 22.0. The summed E-state index contributed by atoms with van der Waals surface area (Å²) in [6, 6.07) is 10.2. The maximum absolute atomic E-state index is 11.5. The van der Waals surface area contributed by atoms with E-state index >= 15 is 0 Å². The van der Waals surface area contributed by atoms with Crippen molar-refractivity contribution >= 4 is 23.3 Å². The molecular formula is C20H21F3N2O4S. The van der Waals surface area contributed by atoms with E-state index in [4.69, 9.17) is 14.9 Å². The number of alkyl halides is 3. The number of aliphatic carboxylic acids is 2. The molecule has 2 heterocycles. The third-order valence-electron chi connectivity index (χ3n) is 5.76. The molecule has 2 aromatic heterocycles. The number of hydrogen-bond donors (Lipinski definition) is 3. The number of nitrogens with zero attached hydrogens (tertiary/aromatic N) is 1. The lowest BCUT2D eigenvalue weighted by molar-refractivity contribution is -0.192. The van der Waals surface area contributed by atoms with Crippen LogP contribution >= 0.6 is 11.3 Å². The van der Waals surface area contributed by atoms with Crippen LogP contribution in [-0.2, 0) is 16.1 Å². The van der Waals surface area contributed by atoms with Gasteiger partial charge in [-0.25, -0.2) is 4.79 Å². The third-order valence-corrected chi connectivity index (χ3v) is 6.65. The number of nitrogens with one attached hydrogen (secondary N) is 1. The standard InChI is InChI=1S/C18H20N2O2S.C2HF3O2/c21-16(22)17-6-8-18(12-17,9-7-17)19-11-13-3-1-4-14(20-13)15-5-2-10-23-15;3-2(4,5)1(6)7/h1-5,10,19H,6-9,11-12H2,(H,21,22);(H,6,7). The number of hydrogen-bond acceptors (Lipinski definition) is 5. The number of carboxylic acid groups (broad SMARTS) is 2. The quantitative estimate of drug-likeness (QED) is 0.638. The molecule has 10 heteroatoms. The molecule has 2 aliphatic carbocycles. The number of carboxylic acids is 2. The number of halogens is 3. The highest BCUT2D eigenvalue weighted by atomic mass is 32.1. The first-order valence-electron chi connectivity index (χ1n) is 9.34. The van der Waals surface area contributed by atoms with E-state index in [0.717, 1.165) is 43.5 Å². The van der Waals surface area contributed by atoms with Gasteiger partial charge >= 0.3 is 18.1 Å². The Hall–Kier alpha value is -2.46. The second-order valence-electron chi connectivity index (χ2n) is 7.69. The van der Waals surface area contributed by atoms with Crippen LogP contribution in [-0.4, -0.2) is 38.9 Å². The molecule has 0 radical (unpaired) electrons. The predicted octanol–water partition coefficient (Wildman–Crippen LogP) is 4.32. The van der Waals surface area contributed by atoms with Crippen molar-refractivity contribution in [1.29, 1.82) is 0 Å². The molecule has 0 spiro atoms. The van der Waals surface area contributed by atoms with E-state index in [9.17, 15) is 23.1 Å². The fourth-order valence-corrected chi connectivity index (χ4v) is 4.85. The van der Waals surface area contributed by atoms with E-state index < -0.39 is 23.5 Å². The monoisotopic (exact) mass is 442 g/mol. The zero-order valence-corrected chi connectivity index (χ0v) is 16.7. The molecule has 0 aliphatic heterocycles. The zero-order valence-electron chi connectivity index (χ0n) is 15.9. The maximum atomic E-state index is 11.5. The Morgan fingerprint density at radius 2 is 1.77 bits per heavy atom. The highest BCUT2D eigenvalue weighted by Gasteiger charge is 2.58. The number of pyridine rings is 1. The molecular weight excluding hydrogens is 421 g/mol. The fourth-order valence-electron chi connectivity index (χ4n) is 4.15. The summed E-state index contributed by atoms with van der Waals surface area (Å²) >= 11 is 1.69. The Morgan fingerprint density at radius 1 is 1.10 bits per heavy atom. The molecule has 0 amide bonds. The van der Waals surface area contributed by atoms with Gasteiger partial charge in [0.25, 0.3) is 0 Å². The van der Waals surface area contributed by atoms with E-state index in [1.54, 1.807) is 11.3 Å². The van der Waals surface area contributed by atoms with Crippen molar-refractivity contribution in [2.24, 2.45) is 5.41 Å². The van der Waals surface area contributed by atoms with Crippen LogP contribution in [0.25, 0.3) is 10.6 Å². The van der Waals surface area contributed by atoms with Crippen LogP contribution < -0.4 is 5.32 Å². The van der Waals surface area contributed by atoms with Crippen molar-refractivity contribution in [2.75, 3.05) is 0 Å². The second-order valence-corrected chi connectivity index (χ2v) is 8.64. The molecule has 0 atom stereocenters. The summed E-state index contributed by atoms with van der Waals surface area (Å²) in [5.74, 6) is -3.37. The van der Waals surface area contributed by atoms with Crippen molar-refractivity contribution < 1.29 is 33.0 Å². The Kier molecular flexibility index (Phi) is 6.19. The molecule has 4 rings (SSSR count). The minimum Gasteiger partial charge on any atom is -0.481 e. The molecule has 3 N–H and O–H groups in total. The van der Waals surface area contributed by atoms with Gasteiger partial charge in [0, 0.05) is 12.1 Å². The van der Waals surface area contributed by atoms with Crippen molar-refractivity contribution in [3.63, 3.8) is 0 Å². The SMILES string of the molecule is O=C(O)C(F)(F)F.O=C(O)C12CCC(NCc3cccc(-c4cccs4)n3)(CC1)C2. The smallest absolute Gasteiger partial charge is 0.481 e. The highest BCUT2D eigenvalue weighted by Crippen LogP contribution is 2.56. The summed E-state index contributed by atoms with van der Waals surface area (Å²) in [5, 5.41) is 22.3. The van der Waals surface area contributed by atoms with Crippen molar-refractivity contribution in [3.8, 4) is 10.6 Å². The predicted molar refractivity (Wildman–Crippen MR) is 104 cm³/mol. The van der Waals surface area contributed by atoms with E-state index in [-0.39, 0.29) is 5.54 Å². The van der Waals surface area contributed by atoms with Gasteiger partial charge in [-0.2, -0.15) is 13.2 Å². The number of thiophene rings is 1. The van der Waals surface area contributed by atoms with Gasteiger partial charge in [0.1, 0.15) is 0 Å². The molecule has 30 heavy (non-hydrogen) atoms. The molecule has 2 aliphatic rings. The molecule has 0 saturated heterocycles. The van der Waals surface area contributed by atoms with Gasteiger partial charge < -0.3 is 15.5 Å². The summed E-state index contributed by atoms with van der Waals surface area (Å²) < 4.78 is 31.7. The van der Waals surface area contributed by atoms with Gasteiger partial charge in [0.2, 0.25) is 0 Å². The van der Waals surface area contributed by atoms with Gasteiger partial charge in [0.15, 0.2) is 0 Å². The minimum atomic E-state index is -5.08. The first-order valence-corrected chi connectivity index (χ1v) is 10.2. The molecule has 2 saturated carbocycles. The van der Waals surface area contributed by atoms with E-state index in [1.807, 2.05) is 24.3 Å². The molecule has 0 aromatic carbocycles. The largest absolute Gasteiger partial charge is 0.490 e. The van der Waals surface area contributed by atoms with E-state index in [2.05, 4.69) is 16.8 Å². The lowest BCUT2D eigenvalue weighted by Crippen LogP contribution is -2.40. The maximum Gasteiger partial charge on any atom is 0.490 e. The Morgan fingerprint density at radius 3 is 2.27 bits per heavy atom. The lowest BCUT2D eigenvalue weighted by Gasteiger charge is -2.28. The van der Waals surface area contributed by atoms with Crippen LogP contribution in [0.15, 0.2) is 35.7 Å².